The molecule has 0 fully saturated rings. The largest absolute Gasteiger partial charge is 0.320 e. The first kappa shape index (κ1) is 21.1. The van der Waals surface area contributed by atoms with Gasteiger partial charge in [0.1, 0.15) is 6.20 Å². The van der Waals surface area contributed by atoms with E-state index in [0.29, 0.717) is 12.3 Å². The maximum Gasteiger partial charge on any atom is 0.320 e. The normalized spacial score (nSPS) is 11.6. The summed E-state index contributed by atoms with van der Waals surface area (Å²) in [5.41, 5.74) is 4.07. The molecular weight excluding hydrogens is 450 g/mol. The van der Waals surface area contributed by atoms with E-state index < -0.39 is 10.8 Å². The Balaban J connectivity index is 1.72. The predicted octanol–water partition coefficient (Wildman–Crippen LogP) is 4.42. The number of hydrogen-bond acceptors (Lipinski definition) is 5. The highest BCUT2D eigenvalue weighted by Crippen LogP contribution is 2.18. The van der Waals surface area contributed by atoms with Gasteiger partial charge in [0.25, 0.3) is 5.91 Å². The summed E-state index contributed by atoms with van der Waals surface area (Å²) in [6, 6.07) is 17.1. The second-order valence-corrected chi connectivity index (χ2v) is 7.30. The molecule has 0 aliphatic carbocycles. The Hall–Kier alpha value is -3.59. The average molecular weight is 468 g/mol. The third-order valence-electron chi connectivity index (χ3n) is 4.06. The highest BCUT2D eigenvalue weighted by Gasteiger charge is 2.25. The minimum absolute atomic E-state index is 0.291. The number of allylic oxidation sites excluding steroid dienone is 1. The van der Waals surface area contributed by atoms with E-state index in [0.717, 1.165) is 15.6 Å². The predicted molar refractivity (Wildman–Crippen MR) is 118 cm³/mol. The molecular formula is C21H18BrN5O3. The standard InChI is InChI=1S/C21H18BrN5O3/c1-15(7-8-16-5-3-2-4-6-16)23-24-21(28)20-19(27(29)30)14-26(25-20)13-17-9-11-18(22)12-10-17/h2-12,14H,13H2,1H3,(H,24,28)/b8-7+,23-15+. The number of halogens is 1. The average Bonchev–Trinajstić information content (AvgIpc) is 3.17. The van der Waals surface area contributed by atoms with Gasteiger partial charge in [-0.15, -0.1) is 0 Å². The number of hydrazone groups is 1. The third-order valence-corrected chi connectivity index (χ3v) is 4.59. The zero-order valence-corrected chi connectivity index (χ0v) is 17.6. The van der Waals surface area contributed by atoms with E-state index in [1.54, 1.807) is 13.0 Å². The van der Waals surface area contributed by atoms with E-state index in [-0.39, 0.29) is 11.4 Å². The van der Waals surface area contributed by atoms with Crippen LogP contribution < -0.4 is 5.43 Å². The molecule has 0 saturated heterocycles. The first-order chi connectivity index (χ1) is 14.4. The number of nitrogens with one attached hydrogen (secondary N) is 1. The van der Waals surface area contributed by atoms with Gasteiger partial charge >= 0.3 is 5.69 Å². The zero-order chi connectivity index (χ0) is 21.5. The lowest BCUT2D eigenvalue weighted by Gasteiger charge is -2.01. The maximum absolute atomic E-state index is 12.4. The van der Waals surface area contributed by atoms with Crippen molar-refractivity contribution in [3.63, 3.8) is 0 Å². The van der Waals surface area contributed by atoms with Crippen molar-refractivity contribution in [3.8, 4) is 0 Å². The molecule has 2 aromatic carbocycles. The summed E-state index contributed by atoms with van der Waals surface area (Å²) in [5, 5.41) is 19.4. The highest BCUT2D eigenvalue weighted by atomic mass is 79.9. The lowest BCUT2D eigenvalue weighted by atomic mass is 10.2. The van der Waals surface area contributed by atoms with Crippen LogP contribution in [-0.4, -0.2) is 26.3 Å². The van der Waals surface area contributed by atoms with E-state index in [9.17, 15) is 14.9 Å². The van der Waals surface area contributed by atoms with Crippen LogP contribution in [-0.2, 0) is 6.54 Å². The van der Waals surface area contributed by atoms with Crippen LogP contribution in [0, 0.1) is 10.1 Å². The second kappa shape index (κ2) is 9.75. The summed E-state index contributed by atoms with van der Waals surface area (Å²) in [6.45, 7) is 2.00. The van der Waals surface area contributed by atoms with Crippen molar-refractivity contribution in [2.45, 2.75) is 13.5 Å². The van der Waals surface area contributed by atoms with Crippen molar-refractivity contribution >= 4 is 39.3 Å². The van der Waals surface area contributed by atoms with Crippen LogP contribution in [0.1, 0.15) is 28.5 Å². The quantitative estimate of drug-likeness (QED) is 0.315. The molecule has 0 saturated carbocycles. The minimum Gasteiger partial charge on any atom is -0.265 e. The summed E-state index contributed by atoms with van der Waals surface area (Å²) in [7, 11) is 0. The molecule has 1 N–H and O–H groups in total. The fourth-order valence-corrected chi connectivity index (χ4v) is 2.84. The summed E-state index contributed by atoms with van der Waals surface area (Å²) in [4.78, 5) is 23.2. The van der Waals surface area contributed by atoms with Gasteiger partial charge in [-0.1, -0.05) is 64.5 Å². The summed E-state index contributed by atoms with van der Waals surface area (Å²) < 4.78 is 2.29. The van der Waals surface area contributed by atoms with Crippen LogP contribution in [0.3, 0.4) is 0 Å². The topological polar surface area (TPSA) is 102 Å². The fraction of sp³-hybridized carbons (Fsp3) is 0.0952. The van der Waals surface area contributed by atoms with Crippen LogP contribution in [0.15, 0.2) is 76.4 Å². The van der Waals surface area contributed by atoms with E-state index in [2.05, 4.69) is 31.6 Å². The Kier molecular flexibility index (Phi) is 6.87. The molecule has 1 aromatic heterocycles. The Bertz CT molecular complexity index is 1110. The van der Waals surface area contributed by atoms with Gasteiger partial charge in [0.2, 0.25) is 5.69 Å². The van der Waals surface area contributed by atoms with Crippen molar-refractivity contribution in [2.24, 2.45) is 5.10 Å². The number of amides is 1. The highest BCUT2D eigenvalue weighted by molar-refractivity contribution is 9.10. The van der Waals surface area contributed by atoms with Gasteiger partial charge in [-0.05, 0) is 36.3 Å². The molecule has 3 rings (SSSR count). The zero-order valence-electron chi connectivity index (χ0n) is 16.0. The molecule has 3 aromatic rings. The number of nitrogens with zero attached hydrogens (tertiary/aromatic N) is 4. The molecule has 30 heavy (non-hydrogen) atoms. The number of hydrogen-bond donors (Lipinski definition) is 1. The Labute approximate surface area is 181 Å². The van der Waals surface area contributed by atoms with Gasteiger partial charge in [0.15, 0.2) is 0 Å². The van der Waals surface area contributed by atoms with Gasteiger partial charge in [0, 0.05) is 4.47 Å². The summed E-state index contributed by atoms with van der Waals surface area (Å²) >= 11 is 3.36. The van der Waals surface area contributed by atoms with Gasteiger partial charge in [-0.25, -0.2) is 5.43 Å². The van der Waals surface area contributed by atoms with Crippen LogP contribution in [0.4, 0.5) is 5.69 Å². The number of nitro groups is 1. The number of carbonyl (C=O) groups excluding carboxylic acids is 1. The first-order valence-electron chi connectivity index (χ1n) is 8.96. The second-order valence-electron chi connectivity index (χ2n) is 6.38. The monoisotopic (exact) mass is 467 g/mol. The molecule has 152 valence electrons. The molecule has 0 radical (unpaired) electrons. The molecule has 0 spiro atoms. The molecule has 9 heteroatoms. The summed E-state index contributed by atoms with van der Waals surface area (Å²) in [6.07, 6.45) is 4.82. The Morgan fingerprint density at radius 3 is 2.60 bits per heavy atom. The van der Waals surface area contributed by atoms with Crippen LogP contribution in [0.2, 0.25) is 0 Å². The van der Waals surface area contributed by atoms with Crippen molar-refractivity contribution in [1.29, 1.82) is 0 Å². The lowest BCUT2D eigenvalue weighted by Crippen LogP contribution is -2.20. The van der Waals surface area contributed by atoms with Gasteiger partial charge in [-0.3, -0.25) is 19.6 Å². The SMILES string of the molecule is CC(/C=C/c1ccccc1)=N\NC(=O)c1nn(Cc2ccc(Br)cc2)cc1[N+](=O)[O-]. The van der Waals surface area contributed by atoms with Crippen molar-refractivity contribution in [3.05, 3.63) is 98.3 Å². The molecule has 8 nitrogen and oxygen atoms in total. The van der Waals surface area contributed by atoms with E-state index in [1.165, 1.54) is 10.9 Å². The van der Waals surface area contributed by atoms with Gasteiger partial charge < -0.3 is 0 Å². The molecule has 0 unspecified atom stereocenters. The van der Waals surface area contributed by atoms with E-state index >= 15 is 0 Å². The van der Waals surface area contributed by atoms with Gasteiger partial charge in [-0.2, -0.15) is 10.2 Å². The van der Waals surface area contributed by atoms with Crippen LogP contribution in [0.5, 0.6) is 0 Å². The van der Waals surface area contributed by atoms with Gasteiger partial charge in [0.05, 0.1) is 17.2 Å². The number of aromatic nitrogens is 2. The van der Waals surface area contributed by atoms with E-state index in [4.69, 9.17) is 0 Å². The molecule has 1 amide bonds. The van der Waals surface area contributed by atoms with Crippen LogP contribution >= 0.6 is 15.9 Å². The maximum atomic E-state index is 12.4. The number of carbonyl (C=O) groups is 1. The third kappa shape index (κ3) is 5.71. The Morgan fingerprint density at radius 2 is 1.93 bits per heavy atom. The van der Waals surface area contributed by atoms with Crippen molar-refractivity contribution in [1.82, 2.24) is 15.2 Å². The lowest BCUT2D eigenvalue weighted by molar-refractivity contribution is -0.385. The fourth-order valence-electron chi connectivity index (χ4n) is 2.57. The molecule has 0 atom stereocenters. The molecule has 0 aliphatic rings. The molecule has 0 bridgehead atoms. The summed E-state index contributed by atoms with van der Waals surface area (Å²) in [5.74, 6) is -0.747. The van der Waals surface area contributed by atoms with Crippen molar-refractivity contribution < 1.29 is 9.72 Å². The number of rotatable bonds is 7. The van der Waals surface area contributed by atoms with E-state index in [1.807, 2.05) is 60.7 Å². The number of benzene rings is 2. The van der Waals surface area contributed by atoms with Crippen LogP contribution in [0.25, 0.3) is 6.08 Å². The first-order valence-corrected chi connectivity index (χ1v) is 9.76. The van der Waals surface area contributed by atoms with Crippen molar-refractivity contribution in [2.75, 3.05) is 0 Å². The Morgan fingerprint density at radius 1 is 1.23 bits per heavy atom. The molecule has 1 heterocycles. The minimum atomic E-state index is -0.747. The smallest absolute Gasteiger partial charge is 0.265 e. The molecule has 0 aliphatic heterocycles.